The summed E-state index contributed by atoms with van der Waals surface area (Å²) in [7, 11) is 0. The van der Waals surface area contributed by atoms with Crippen molar-refractivity contribution >= 4 is 175 Å². The van der Waals surface area contributed by atoms with E-state index in [9.17, 15) is 0 Å². The molecule has 15 aromatic carbocycles. The SMILES string of the molecule is c1ccc(N(c2cccc(-c3ccc4cc5c6cc(N(c7ccccc7)c7cccc8c7oc7ccccc78)cc7c8cc9ccccc9cc8n(c5cc4c3)c76)c2)c2cc3c4cc5ccccc5cc4n4c5cc6ccccc6cc5c(c2)c34)cc1. The van der Waals surface area contributed by atoms with E-state index in [1.54, 1.807) is 0 Å². The molecule has 0 aliphatic heterocycles. The second-order valence-corrected chi connectivity index (χ2v) is 23.7. The van der Waals surface area contributed by atoms with E-state index in [1.165, 1.54) is 119 Å². The standard InChI is InChI=1S/C82H48N4O/c1-3-24-59(25-4-1)83(62-45-70-66-37-50-17-7-10-20-53(50)41-75(66)85-76-42-54-21-11-8-18-51(54)38-67(76)71(46-62)80(70)85)61-28-15-23-49(36-61)56-33-34-57-40-69-73-48-63(84(60-26-5-2-6-27-60)74-31-16-30-65-64-29-13-14-32-79(64)87-82(65)74)47-72-68-39-52-19-9-12-22-55(52)43-77(68)86(81(72)73)78(69)44-58(57)35-56/h1-48H. The minimum atomic E-state index is 0.863. The molecule has 0 N–H and O–H groups in total. The van der Waals surface area contributed by atoms with Gasteiger partial charge in [0.2, 0.25) is 0 Å². The molecule has 0 aliphatic rings. The van der Waals surface area contributed by atoms with Gasteiger partial charge in [0.05, 0.1) is 38.8 Å². The van der Waals surface area contributed by atoms with Gasteiger partial charge < -0.3 is 23.0 Å². The molecule has 20 rings (SSSR count). The highest BCUT2D eigenvalue weighted by atomic mass is 16.3. The summed E-state index contributed by atoms with van der Waals surface area (Å²) in [6.45, 7) is 0. The molecule has 5 heteroatoms. The van der Waals surface area contributed by atoms with Crippen LogP contribution in [0.5, 0.6) is 0 Å². The summed E-state index contributed by atoms with van der Waals surface area (Å²) in [4.78, 5) is 4.84. The molecule has 87 heavy (non-hydrogen) atoms. The number of nitrogens with zero attached hydrogens (tertiary/aromatic N) is 4. The summed E-state index contributed by atoms with van der Waals surface area (Å²) < 4.78 is 11.8. The summed E-state index contributed by atoms with van der Waals surface area (Å²) >= 11 is 0. The number of para-hydroxylation sites is 4. The molecule has 5 aromatic heterocycles. The Morgan fingerprint density at radius 2 is 0.632 bits per heavy atom. The van der Waals surface area contributed by atoms with Crippen molar-refractivity contribution in [3.05, 3.63) is 291 Å². The summed E-state index contributed by atoms with van der Waals surface area (Å²) in [5, 5.41) is 21.9. The van der Waals surface area contributed by atoms with Crippen molar-refractivity contribution in [2.45, 2.75) is 0 Å². The lowest BCUT2D eigenvalue weighted by Gasteiger charge is -2.26. The van der Waals surface area contributed by atoms with Crippen molar-refractivity contribution in [2.75, 3.05) is 9.80 Å². The van der Waals surface area contributed by atoms with Crippen LogP contribution in [0.15, 0.2) is 296 Å². The summed E-state index contributed by atoms with van der Waals surface area (Å²) in [6.07, 6.45) is 0. The molecular formula is C82H48N4O. The second-order valence-electron chi connectivity index (χ2n) is 23.7. The zero-order chi connectivity index (χ0) is 56.6. The van der Waals surface area contributed by atoms with Gasteiger partial charge in [-0.15, -0.1) is 0 Å². The van der Waals surface area contributed by atoms with Crippen molar-refractivity contribution in [3.63, 3.8) is 0 Å². The van der Waals surface area contributed by atoms with Gasteiger partial charge in [-0.2, -0.15) is 0 Å². The minimum absolute atomic E-state index is 0.863. The Morgan fingerprint density at radius 1 is 0.230 bits per heavy atom. The number of fused-ring (bicyclic) bond motifs is 19. The molecule has 0 bridgehead atoms. The van der Waals surface area contributed by atoms with Crippen LogP contribution in [0.4, 0.5) is 34.1 Å². The molecule has 0 radical (unpaired) electrons. The van der Waals surface area contributed by atoms with E-state index in [-0.39, 0.29) is 0 Å². The van der Waals surface area contributed by atoms with Crippen LogP contribution >= 0.6 is 0 Å². The van der Waals surface area contributed by atoms with Gasteiger partial charge in [0.1, 0.15) is 5.58 Å². The van der Waals surface area contributed by atoms with Gasteiger partial charge in [-0.1, -0.05) is 164 Å². The zero-order valence-corrected chi connectivity index (χ0v) is 46.9. The first-order chi connectivity index (χ1) is 43.1. The third-order valence-electron chi connectivity index (χ3n) is 18.9. The number of benzene rings is 15. The fraction of sp³-hybridized carbons (Fsp3) is 0. The predicted molar refractivity (Wildman–Crippen MR) is 368 cm³/mol. The highest BCUT2D eigenvalue weighted by molar-refractivity contribution is 6.29. The van der Waals surface area contributed by atoms with Crippen LogP contribution in [0.25, 0.3) is 152 Å². The molecule has 0 amide bonds. The van der Waals surface area contributed by atoms with E-state index in [4.69, 9.17) is 4.42 Å². The Bertz CT molecular complexity index is 6150. The molecule has 5 nitrogen and oxygen atoms in total. The first-order valence-corrected chi connectivity index (χ1v) is 30.0. The van der Waals surface area contributed by atoms with Crippen LogP contribution in [0.3, 0.4) is 0 Å². The van der Waals surface area contributed by atoms with Crippen LogP contribution in [0, 0.1) is 0 Å². The maximum Gasteiger partial charge on any atom is 0.159 e. The van der Waals surface area contributed by atoms with E-state index < -0.39 is 0 Å². The molecule has 5 heterocycles. The topological polar surface area (TPSA) is 28.4 Å². The smallest absolute Gasteiger partial charge is 0.159 e. The van der Waals surface area contributed by atoms with Crippen molar-refractivity contribution in [2.24, 2.45) is 0 Å². The highest BCUT2D eigenvalue weighted by Crippen LogP contribution is 2.50. The Labute approximate surface area is 497 Å². The molecule has 0 fully saturated rings. The number of hydrogen-bond acceptors (Lipinski definition) is 3. The molecule has 0 unspecified atom stereocenters. The van der Waals surface area contributed by atoms with Crippen molar-refractivity contribution in [1.29, 1.82) is 0 Å². The molecule has 0 aliphatic carbocycles. The summed E-state index contributed by atoms with van der Waals surface area (Å²) in [6, 6.07) is 108. The van der Waals surface area contributed by atoms with Crippen LogP contribution in [0.2, 0.25) is 0 Å². The first kappa shape index (κ1) is 46.8. The fourth-order valence-corrected chi connectivity index (χ4v) is 15.1. The van der Waals surface area contributed by atoms with Gasteiger partial charge in [-0.3, -0.25) is 0 Å². The van der Waals surface area contributed by atoms with Crippen molar-refractivity contribution in [3.8, 4) is 11.1 Å². The lowest BCUT2D eigenvalue weighted by atomic mass is 9.98. The Hall–Kier alpha value is -11.7. The third-order valence-corrected chi connectivity index (χ3v) is 18.9. The van der Waals surface area contributed by atoms with Crippen LogP contribution in [0.1, 0.15) is 0 Å². The average Bonchev–Trinajstić information content (AvgIpc) is 1.91. The molecule has 0 saturated carbocycles. The van der Waals surface area contributed by atoms with Gasteiger partial charge in [0, 0.05) is 82.3 Å². The van der Waals surface area contributed by atoms with E-state index >= 15 is 0 Å². The van der Waals surface area contributed by atoms with Crippen LogP contribution in [-0.4, -0.2) is 8.80 Å². The largest absolute Gasteiger partial charge is 0.454 e. The summed E-state index contributed by atoms with van der Waals surface area (Å²) in [5.41, 5.74) is 17.8. The molecule has 0 atom stereocenters. The van der Waals surface area contributed by atoms with Crippen molar-refractivity contribution < 1.29 is 4.42 Å². The molecule has 20 aromatic rings. The van der Waals surface area contributed by atoms with Crippen LogP contribution in [-0.2, 0) is 0 Å². The van der Waals surface area contributed by atoms with E-state index in [0.717, 1.165) is 67.2 Å². The maximum absolute atomic E-state index is 6.79. The zero-order valence-electron chi connectivity index (χ0n) is 46.9. The number of hydrogen-bond donors (Lipinski definition) is 0. The number of furan rings is 1. The minimum Gasteiger partial charge on any atom is -0.454 e. The number of aromatic nitrogens is 2. The first-order valence-electron chi connectivity index (χ1n) is 30.0. The van der Waals surface area contributed by atoms with E-state index in [1.807, 2.05) is 6.07 Å². The van der Waals surface area contributed by atoms with Crippen molar-refractivity contribution in [1.82, 2.24) is 8.80 Å². The Morgan fingerprint density at radius 3 is 1.17 bits per heavy atom. The van der Waals surface area contributed by atoms with Gasteiger partial charge in [0.15, 0.2) is 5.58 Å². The lowest BCUT2D eigenvalue weighted by molar-refractivity contribution is 0.669. The molecular weight excluding hydrogens is 1060 g/mol. The highest BCUT2D eigenvalue weighted by Gasteiger charge is 2.27. The van der Waals surface area contributed by atoms with Crippen LogP contribution < -0.4 is 9.80 Å². The quantitative estimate of drug-likeness (QED) is 0.159. The number of anilines is 6. The predicted octanol–water partition coefficient (Wildman–Crippen LogP) is 23.1. The normalized spacial score (nSPS) is 12.4. The lowest BCUT2D eigenvalue weighted by Crippen LogP contribution is -2.10. The van der Waals surface area contributed by atoms with Gasteiger partial charge >= 0.3 is 0 Å². The maximum atomic E-state index is 6.79. The van der Waals surface area contributed by atoms with Gasteiger partial charge in [-0.05, 0) is 182 Å². The monoisotopic (exact) mass is 1100 g/mol. The second kappa shape index (κ2) is 17.5. The molecule has 402 valence electrons. The Kier molecular flexibility index (Phi) is 9.39. The average molecular weight is 1110 g/mol. The Balaban J connectivity index is 0.778. The molecule has 0 spiro atoms. The van der Waals surface area contributed by atoms with Gasteiger partial charge in [0.25, 0.3) is 0 Å². The fourth-order valence-electron chi connectivity index (χ4n) is 15.1. The van der Waals surface area contributed by atoms with E-state index in [2.05, 4.69) is 304 Å². The summed E-state index contributed by atoms with van der Waals surface area (Å²) in [5.74, 6) is 0. The van der Waals surface area contributed by atoms with Gasteiger partial charge in [-0.25, -0.2) is 0 Å². The molecule has 0 saturated heterocycles. The number of rotatable bonds is 7. The third kappa shape index (κ3) is 6.68. The van der Waals surface area contributed by atoms with E-state index in [0.29, 0.717) is 0 Å².